The molecule has 1 aliphatic carbocycles. The third-order valence-electron chi connectivity index (χ3n) is 3.45. The van der Waals surface area contributed by atoms with Gasteiger partial charge >= 0.3 is 0 Å². The molecule has 5 heteroatoms. The molecule has 1 aliphatic rings. The van der Waals surface area contributed by atoms with Crippen LogP contribution in [0.4, 0.5) is 0 Å². The Labute approximate surface area is 113 Å². The summed E-state index contributed by atoms with van der Waals surface area (Å²) in [5.74, 6) is -0.117. The zero-order valence-corrected chi connectivity index (χ0v) is 11.3. The van der Waals surface area contributed by atoms with Gasteiger partial charge in [-0.3, -0.25) is 4.79 Å². The number of nitrogens with zero attached hydrogens (tertiary/aromatic N) is 2. The molecule has 1 heterocycles. The fraction of sp³-hybridized carbons (Fsp3) is 0.571. The Morgan fingerprint density at radius 2 is 2.42 bits per heavy atom. The number of aryl methyl sites for hydroxylation is 1. The van der Waals surface area contributed by atoms with Crippen LogP contribution in [0.3, 0.4) is 0 Å². The Kier molecular flexibility index (Phi) is 4.58. The number of nitrogens with one attached hydrogen (secondary N) is 2. The summed E-state index contributed by atoms with van der Waals surface area (Å²) in [5.41, 5.74) is 2.66. The quantitative estimate of drug-likeness (QED) is 0.779. The number of hydrogen-bond acceptors (Lipinski definition) is 3. The minimum absolute atomic E-state index is 0.0693. The minimum Gasteiger partial charge on any atom is -0.344 e. The van der Waals surface area contributed by atoms with Gasteiger partial charge in [0.15, 0.2) is 0 Å². The molecule has 2 rings (SSSR count). The molecule has 1 aromatic rings. The smallest absolute Gasteiger partial charge is 0.240 e. The van der Waals surface area contributed by atoms with Gasteiger partial charge in [-0.2, -0.15) is 5.26 Å². The number of aromatic nitrogens is 1. The van der Waals surface area contributed by atoms with Crippen LogP contribution in [0.25, 0.3) is 0 Å². The zero-order chi connectivity index (χ0) is 13.7. The molecule has 0 fully saturated rings. The monoisotopic (exact) mass is 260 g/mol. The van der Waals surface area contributed by atoms with Crippen LogP contribution in [0, 0.1) is 11.3 Å². The highest BCUT2D eigenvalue weighted by atomic mass is 16.1. The minimum atomic E-state index is -0.117. The van der Waals surface area contributed by atoms with Gasteiger partial charge < -0.3 is 15.2 Å². The van der Waals surface area contributed by atoms with Crippen LogP contribution in [-0.4, -0.2) is 23.6 Å². The molecule has 0 spiro atoms. The second kappa shape index (κ2) is 6.39. The molecule has 19 heavy (non-hydrogen) atoms. The van der Waals surface area contributed by atoms with E-state index >= 15 is 0 Å². The number of fused-ring (bicyclic) bond motifs is 1. The summed E-state index contributed by atoms with van der Waals surface area (Å²) in [4.78, 5) is 11.6. The Balaban J connectivity index is 2.04. The molecule has 0 radical (unpaired) electrons. The number of rotatable bonds is 5. The van der Waals surface area contributed by atoms with Crippen LogP contribution in [0.15, 0.2) is 12.4 Å². The number of amides is 1. The molecule has 2 N–H and O–H groups in total. The molecule has 0 bridgehead atoms. The average molecular weight is 260 g/mol. The third kappa shape index (κ3) is 3.36. The second-order valence-corrected chi connectivity index (χ2v) is 4.85. The fourth-order valence-electron chi connectivity index (χ4n) is 2.66. The Morgan fingerprint density at radius 1 is 1.58 bits per heavy atom. The van der Waals surface area contributed by atoms with E-state index in [0.717, 1.165) is 19.4 Å². The van der Waals surface area contributed by atoms with Crippen molar-refractivity contribution in [3.8, 4) is 6.07 Å². The molecular formula is C14H20N4O. The molecule has 0 aromatic carbocycles. The molecule has 1 aromatic heterocycles. The Hall–Kier alpha value is -1.80. The topological polar surface area (TPSA) is 69.8 Å². The SMILES string of the molecule is CCNC1CCCc2cn(CC(=O)NCC#N)cc21. The first-order valence-corrected chi connectivity index (χ1v) is 6.80. The normalized spacial score (nSPS) is 17.6. The molecule has 102 valence electrons. The highest BCUT2D eigenvalue weighted by molar-refractivity contribution is 5.76. The van der Waals surface area contributed by atoms with Gasteiger partial charge in [-0.15, -0.1) is 0 Å². The van der Waals surface area contributed by atoms with Gasteiger partial charge in [0.1, 0.15) is 13.1 Å². The van der Waals surface area contributed by atoms with E-state index in [1.807, 2.05) is 10.6 Å². The summed E-state index contributed by atoms with van der Waals surface area (Å²) in [5, 5.41) is 14.5. The van der Waals surface area contributed by atoms with Crippen molar-refractivity contribution < 1.29 is 4.79 Å². The summed E-state index contributed by atoms with van der Waals surface area (Å²) in [6.45, 7) is 3.42. The van der Waals surface area contributed by atoms with E-state index in [1.165, 1.54) is 17.5 Å². The van der Waals surface area contributed by atoms with Gasteiger partial charge in [0.25, 0.3) is 0 Å². The lowest BCUT2D eigenvalue weighted by Crippen LogP contribution is -2.27. The zero-order valence-electron chi connectivity index (χ0n) is 11.3. The highest BCUT2D eigenvalue weighted by Crippen LogP contribution is 2.30. The average Bonchev–Trinajstić information content (AvgIpc) is 2.80. The predicted molar refractivity (Wildman–Crippen MR) is 72.4 cm³/mol. The van der Waals surface area contributed by atoms with Gasteiger partial charge in [-0.05, 0) is 36.9 Å². The first-order valence-electron chi connectivity index (χ1n) is 6.80. The summed E-state index contributed by atoms with van der Waals surface area (Å²) in [6.07, 6.45) is 7.56. The molecule has 0 saturated heterocycles. The number of nitriles is 1. The molecule has 5 nitrogen and oxygen atoms in total. The second-order valence-electron chi connectivity index (χ2n) is 4.85. The number of carbonyl (C=O) groups excluding carboxylic acids is 1. The van der Waals surface area contributed by atoms with E-state index in [0.29, 0.717) is 6.04 Å². The largest absolute Gasteiger partial charge is 0.344 e. The van der Waals surface area contributed by atoms with Crippen molar-refractivity contribution in [2.75, 3.05) is 13.1 Å². The fourth-order valence-corrected chi connectivity index (χ4v) is 2.66. The lowest BCUT2D eigenvalue weighted by molar-refractivity contribution is -0.121. The van der Waals surface area contributed by atoms with Crippen molar-refractivity contribution >= 4 is 5.91 Å². The van der Waals surface area contributed by atoms with E-state index in [2.05, 4.69) is 30.0 Å². The maximum Gasteiger partial charge on any atom is 0.240 e. The van der Waals surface area contributed by atoms with Crippen molar-refractivity contribution in [3.63, 3.8) is 0 Å². The highest BCUT2D eigenvalue weighted by Gasteiger charge is 2.21. The molecule has 1 amide bonds. The van der Waals surface area contributed by atoms with Gasteiger partial charge in [0.05, 0.1) is 6.07 Å². The summed E-state index contributed by atoms with van der Waals surface area (Å²) in [6, 6.07) is 2.32. The van der Waals surface area contributed by atoms with Crippen molar-refractivity contribution in [3.05, 3.63) is 23.5 Å². The van der Waals surface area contributed by atoms with Crippen molar-refractivity contribution in [2.45, 2.75) is 38.8 Å². The Bertz CT molecular complexity index is 486. The third-order valence-corrected chi connectivity index (χ3v) is 3.45. The summed E-state index contributed by atoms with van der Waals surface area (Å²) in [7, 11) is 0. The number of hydrogen-bond donors (Lipinski definition) is 2. The van der Waals surface area contributed by atoms with E-state index in [9.17, 15) is 4.79 Å². The Morgan fingerprint density at radius 3 is 3.16 bits per heavy atom. The molecule has 0 aliphatic heterocycles. The van der Waals surface area contributed by atoms with Crippen molar-refractivity contribution in [1.29, 1.82) is 5.26 Å². The van der Waals surface area contributed by atoms with Crippen LogP contribution >= 0.6 is 0 Å². The lowest BCUT2D eigenvalue weighted by atomic mass is 9.91. The summed E-state index contributed by atoms with van der Waals surface area (Å²) >= 11 is 0. The standard InChI is InChI=1S/C14H20N4O/c1-2-16-13-5-3-4-11-8-18(9-12(11)13)10-14(19)17-7-6-15/h8-9,13,16H,2-5,7,10H2,1H3,(H,17,19). The maximum atomic E-state index is 11.6. The first-order chi connectivity index (χ1) is 9.24. The maximum absolute atomic E-state index is 11.6. The first kappa shape index (κ1) is 13.6. The molecule has 1 atom stereocenters. The van der Waals surface area contributed by atoms with Crippen LogP contribution in [0.2, 0.25) is 0 Å². The number of carbonyl (C=O) groups is 1. The molecular weight excluding hydrogens is 240 g/mol. The van der Waals surface area contributed by atoms with E-state index in [-0.39, 0.29) is 19.0 Å². The van der Waals surface area contributed by atoms with Gasteiger partial charge in [-0.25, -0.2) is 0 Å². The summed E-state index contributed by atoms with van der Waals surface area (Å²) < 4.78 is 1.92. The van der Waals surface area contributed by atoms with Crippen LogP contribution in [-0.2, 0) is 17.8 Å². The molecule has 1 unspecified atom stereocenters. The van der Waals surface area contributed by atoms with Crippen molar-refractivity contribution in [1.82, 2.24) is 15.2 Å². The van der Waals surface area contributed by atoms with E-state index < -0.39 is 0 Å². The molecule has 0 saturated carbocycles. The van der Waals surface area contributed by atoms with Gasteiger partial charge in [0.2, 0.25) is 5.91 Å². The van der Waals surface area contributed by atoms with Crippen LogP contribution in [0.5, 0.6) is 0 Å². The van der Waals surface area contributed by atoms with E-state index in [1.54, 1.807) is 0 Å². The lowest BCUT2D eigenvalue weighted by Gasteiger charge is -2.22. The van der Waals surface area contributed by atoms with Gasteiger partial charge in [-0.1, -0.05) is 6.92 Å². The van der Waals surface area contributed by atoms with Crippen LogP contribution < -0.4 is 10.6 Å². The van der Waals surface area contributed by atoms with Crippen molar-refractivity contribution in [2.24, 2.45) is 0 Å². The van der Waals surface area contributed by atoms with Crippen LogP contribution in [0.1, 0.15) is 36.9 Å². The van der Waals surface area contributed by atoms with E-state index in [4.69, 9.17) is 5.26 Å². The predicted octanol–water partition coefficient (Wildman–Crippen LogP) is 1.11. The van der Waals surface area contributed by atoms with Gasteiger partial charge in [0, 0.05) is 18.4 Å².